The van der Waals surface area contributed by atoms with Crippen LogP contribution in [0.15, 0.2) is 9.98 Å². The van der Waals surface area contributed by atoms with Crippen LogP contribution in [0.4, 0.5) is 0 Å². The molecule has 1 aliphatic rings. The van der Waals surface area contributed by atoms with E-state index in [1.54, 1.807) is 0 Å². The van der Waals surface area contributed by atoms with Crippen molar-refractivity contribution in [3.63, 3.8) is 0 Å². The molecule has 5 heteroatoms. The molecule has 0 saturated carbocycles. The molecule has 5 nitrogen and oxygen atoms in total. The first-order valence-electron chi connectivity index (χ1n) is 2.26. The fraction of sp³-hybridized carbons (Fsp3) is 0.250. The Bertz CT molecular complexity index is 184. The van der Waals surface area contributed by atoms with Crippen LogP contribution in [0.2, 0.25) is 0 Å². The standard InChI is InChI=1S/C4H5N3O2/c5-4(3(8)9)6-1-2-7-4/h1-2H,5H2,(H,8,9). The predicted octanol–water partition coefficient (Wildman–Crippen LogP) is -1.16. The zero-order valence-electron chi connectivity index (χ0n) is 4.48. The lowest BCUT2D eigenvalue weighted by molar-refractivity contribution is -0.142. The highest BCUT2D eigenvalue weighted by Crippen LogP contribution is 2.06. The first kappa shape index (κ1) is 5.90. The SMILES string of the molecule is NC1(C(=O)O)N=CC=N1. The molecule has 1 aliphatic heterocycles. The lowest BCUT2D eigenvalue weighted by Gasteiger charge is -2.08. The zero-order valence-corrected chi connectivity index (χ0v) is 4.48. The van der Waals surface area contributed by atoms with Crippen LogP contribution in [0.25, 0.3) is 0 Å². The molecule has 0 atom stereocenters. The normalized spacial score (nSPS) is 20.6. The van der Waals surface area contributed by atoms with Gasteiger partial charge in [0.25, 0.3) is 0 Å². The molecule has 48 valence electrons. The van der Waals surface area contributed by atoms with Gasteiger partial charge in [-0.3, -0.25) is 5.73 Å². The third-order valence-electron chi connectivity index (χ3n) is 0.924. The molecular formula is C4H5N3O2. The second kappa shape index (κ2) is 1.63. The topological polar surface area (TPSA) is 88.0 Å². The minimum Gasteiger partial charge on any atom is -0.477 e. The van der Waals surface area contributed by atoms with E-state index in [2.05, 4.69) is 9.98 Å². The number of rotatable bonds is 1. The van der Waals surface area contributed by atoms with E-state index in [4.69, 9.17) is 10.8 Å². The summed E-state index contributed by atoms with van der Waals surface area (Å²) in [4.78, 5) is 17.0. The van der Waals surface area contributed by atoms with Gasteiger partial charge in [0.15, 0.2) is 0 Å². The smallest absolute Gasteiger partial charge is 0.370 e. The molecule has 0 saturated heterocycles. The molecule has 0 fully saturated rings. The maximum absolute atomic E-state index is 10.2. The molecule has 0 aliphatic carbocycles. The number of aliphatic imine (C=N–C) groups is 2. The van der Waals surface area contributed by atoms with E-state index in [1.165, 1.54) is 12.4 Å². The van der Waals surface area contributed by atoms with Crippen LogP contribution >= 0.6 is 0 Å². The lowest BCUT2D eigenvalue weighted by Crippen LogP contribution is -2.42. The van der Waals surface area contributed by atoms with Gasteiger partial charge in [-0.15, -0.1) is 0 Å². The van der Waals surface area contributed by atoms with Crippen LogP contribution in [-0.4, -0.2) is 29.3 Å². The number of nitrogens with two attached hydrogens (primary N) is 1. The molecular weight excluding hydrogens is 122 g/mol. The van der Waals surface area contributed by atoms with E-state index in [0.717, 1.165) is 0 Å². The Morgan fingerprint density at radius 1 is 1.56 bits per heavy atom. The van der Waals surface area contributed by atoms with Crippen LogP contribution in [-0.2, 0) is 4.79 Å². The van der Waals surface area contributed by atoms with E-state index in [0.29, 0.717) is 0 Å². The van der Waals surface area contributed by atoms with Gasteiger partial charge in [0.05, 0.1) is 0 Å². The summed E-state index contributed by atoms with van der Waals surface area (Å²) in [6.45, 7) is 0. The highest BCUT2D eigenvalue weighted by atomic mass is 16.4. The Morgan fingerprint density at radius 3 is 2.22 bits per heavy atom. The zero-order chi connectivity index (χ0) is 6.91. The fourth-order valence-corrected chi connectivity index (χ4v) is 0.438. The largest absolute Gasteiger partial charge is 0.477 e. The minimum atomic E-state index is -1.75. The Labute approximate surface area is 50.9 Å². The minimum absolute atomic E-state index is 1.24. The molecule has 3 N–H and O–H groups in total. The van der Waals surface area contributed by atoms with Crippen LogP contribution in [0.5, 0.6) is 0 Å². The number of hydrogen-bond donors (Lipinski definition) is 2. The molecule has 0 unspecified atom stereocenters. The molecule has 0 spiro atoms. The Hall–Kier alpha value is -1.23. The third kappa shape index (κ3) is 0.812. The summed E-state index contributed by atoms with van der Waals surface area (Å²) in [5.41, 5.74) is 5.11. The van der Waals surface area contributed by atoms with Crippen molar-refractivity contribution in [2.24, 2.45) is 15.7 Å². The van der Waals surface area contributed by atoms with Crippen LogP contribution in [0.1, 0.15) is 0 Å². The fourth-order valence-electron chi connectivity index (χ4n) is 0.438. The second-order valence-electron chi connectivity index (χ2n) is 1.59. The van der Waals surface area contributed by atoms with E-state index in [1.807, 2.05) is 0 Å². The van der Waals surface area contributed by atoms with Crippen molar-refractivity contribution < 1.29 is 9.90 Å². The van der Waals surface area contributed by atoms with Gasteiger partial charge in [-0.25, -0.2) is 14.8 Å². The number of nitrogens with zero attached hydrogens (tertiary/aromatic N) is 2. The number of aliphatic carboxylic acids is 1. The van der Waals surface area contributed by atoms with Crippen molar-refractivity contribution in [2.45, 2.75) is 5.79 Å². The van der Waals surface area contributed by atoms with Gasteiger partial charge in [0.2, 0.25) is 0 Å². The predicted molar refractivity (Wildman–Crippen MR) is 31.5 cm³/mol. The molecule has 9 heavy (non-hydrogen) atoms. The average Bonchev–Trinajstić information content (AvgIpc) is 2.16. The maximum atomic E-state index is 10.2. The molecule has 1 rings (SSSR count). The maximum Gasteiger partial charge on any atom is 0.370 e. The van der Waals surface area contributed by atoms with E-state index in [-0.39, 0.29) is 0 Å². The molecule has 0 bridgehead atoms. The van der Waals surface area contributed by atoms with Gasteiger partial charge >= 0.3 is 11.8 Å². The van der Waals surface area contributed by atoms with E-state index < -0.39 is 11.8 Å². The van der Waals surface area contributed by atoms with Crippen molar-refractivity contribution in [3.8, 4) is 0 Å². The molecule has 0 amide bonds. The highest BCUT2D eigenvalue weighted by molar-refractivity contribution is 6.19. The first-order valence-corrected chi connectivity index (χ1v) is 2.26. The van der Waals surface area contributed by atoms with Crippen molar-refractivity contribution in [1.82, 2.24) is 0 Å². The number of carboxylic acid groups (broad SMARTS) is 1. The van der Waals surface area contributed by atoms with Gasteiger partial charge in [0.1, 0.15) is 0 Å². The Morgan fingerprint density at radius 2 is 2.00 bits per heavy atom. The second-order valence-corrected chi connectivity index (χ2v) is 1.59. The number of hydrogen-bond acceptors (Lipinski definition) is 4. The van der Waals surface area contributed by atoms with E-state index >= 15 is 0 Å². The van der Waals surface area contributed by atoms with Gasteiger partial charge in [-0.2, -0.15) is 0 Å². The van der Waals surface area contributed by atoms with Gasteiger partial charge < -0.3 is 5.11 Å². The van der Waals surface area contributed by atoms with Crippen molar-refractivity contribution in [2.75, 3.05) is 0 Å². The summed E-state index contributed by atoms with van der Waals surface area (Å²) in [6.07, 6.45) is 2.52. The monoisotopic (exact) mass is 127 g/mol. The molecule has 0 aromatic heterocycles. The number of carboxylic acids is 1. The van der Waals surface area contributed by atoms with Crippen molar-refractivity contribution >= 4 is 18.4 Å². The molecule has 0 radical (unpaired) electrons. The molecule has 1 heterocycles. The summed E-state index contributed by atoms with van der Waals surface area (Å²) in [5, 5.41) is 8.32. The van der Waals surface area contributed by atoms with Crippen molar-refractivity contribution in [1.29, 1.82) is 0 Å². The van der Waals surface area contributed by atoms with Gasteiger partial charge in [0, 0.05) is 12.4 Å². The third-order valence-corrected chi connectivity index (χ3v) is 0.924. The summed E-state index contributed by atoms with van der Waals surface area (Å²) < 4.78 is 0. The Balaban J connectivity index is 2.88. The van der Waals surface area contributed by atoms with Gasteiger partial charge in [-0.1, -0.05) is 0 Å². The summed E-state index contributed by atoms with van der Waals surface area (Å²) in [5.74, 6) is -2.99. The van der Waals surface area contributed by atoms with Gasteiger partial charge in [-0.05, 0) is 0 Å². The quantitative estimate of drug-likeness (QED) is 0.465. The average molecular weight is 127 g/mol. The van der Waals surface area contributed by atoms with Crippen LogP contribution in [0.3, 0.4) is 0 Å². The summed E-state index contributed by atoms with van der Waals surface area (Å²) in [6, 6.07) is 0. The molecule has 0 aromatic rings. The van der Waals surface area contributed by atoms with Crippen LogP contribution < -0.4 is 5.73 Å². The van der Waals surface area contributed by atoms with Crippen LogP contribution in [0, 0.1) is 0 Å². The van der Waals surface area contributed by atoms with E-state index in [9.17, 15) is 4.79 Å². The summed E-state index contributed by atoms with van der Waals surface area (Å²) in [7, 11) is 0. The summed E-state index contributed by atoms with van der Waals surface area (Å²) >= 11 is 0. The molecule has 0 aromatic carbocycles. The van der Waals surface area contributed by atoms with Crippen molar-refractivity contribution in [3.05, 3.63) is 0 Å². The first-order chi connectivity index (χ1) is 4.15. The Kier molecular flexibility index (Phi) is 1.07. The number of carbonyl (C=O) groups is 1. The lowest BCUT2D eigenvalue weighted by atomic mass is 10.4. The highest BCUT2D eigenvalue weighted by Gasteiger charge is 2.33.